The number of fused-ring (bicyclic) bond motifs is 1. The molecule has 0 amide bonds. The van der Waals surface area contributed by atoms with E-state index >= 15 is 0 Å². The van der Waals surface area contributed by atoms with Gasteiger partial charge in [-0.15, -0.1) is 0 Å². The Bertz CT molecular complexity index is 581. The molecule has 0 spiro atoms. The normalized spacial score (nSPS) is 27.6. The summed E-state index contributed by atoms with van der Waals surface area (Å²) in [5.41, 5.74) is 0.997. The predicted molar refractivity (Wildman–Crippen MR) is 84.2 cm³/mol. The molecule has 3 rings (SSSR count). The Morgan fingerprint density at radius 2 is 2.16 bits per heavy atom. The van der Waals surface area contributed by atoms with Crippen LogP contribution in [0, 0.1) is 11.8 Å². The largest absolute Gasteiger partial charge is 0.358 e. The molecule has 1 aromatic carbocycles. The van der Waals surface area contributed by atoms with Crippen LogP contribution in [-0.4, -0.2) is 11.0 Å². The van der Waals surface area contributed by atoms with Gasteiger partial charge in [-0.25, -0.2) is 4.98 Å². The fraction of sp³-hybridized carbons (Fsp3) is 0.533. The van der Waals surface area contributed by atoms with Gasteiger partial charge in [-0.2, -0.15) is 0 Å². The van der Waals surface area contributed by atoms with Crippen molar-refractivity contribution in [2.45, 2.75) is 39.2 Å². The minimum Gasteiger partial charge on any atom is -0.358 e. The molecule has 0 bridgehead atoms. The Morgan fingerprint density at radius 3 is 2.89 bits per heavy atom. The van der Waals surface area contributed by atoms with Crippen molar-refractivity contribution in [3.8, 4) is 0 Å². The smallest absolute Gasteiger partial charge is 0.184 e. The van der Waals surface area contributed by atoms with Gasteiger partial charge in [-0.1, -0.05) is 42.9 Å². The molecule has 4 heteroatoms. The summed E-state index contributed by atoms with van der Waals surface area (Å²) in [6.45, 7) is 4.69. The van der Waals surface area contributed by atoms with Gasteiger partial charge in [0.2, 0.25) is 0 Å². The molecule has 1 aliphatic rings. The SMILES string of the molecule is CC1CCC(Nc2nc3cccc(Cl)c3s2)C(C)C1. The first kappa shape index (κ1) is 13.2. The molecule has 1 heterocycles. The quantitative estimate of drug-likeness (QED) is 0.825. The lowest BCUT2D eigenvalue weighted by Gasteiger charge is -2.33. The Kier molecular flexibility index (Phi) is 3.68. The first-order chi connectivity index (χ1) is 9.13. The summed E-state index contributed by atoms with van der Waals surface area (Å²) in [6, 6.07) is 6.46. The molecule has 0 saturated heterocycles. The topological polar surface area (TPSA) is 24.9 Å². The highest BCUT2D eigenvalue weighted by molar-refractivity contribution is 7.22. The van der Waals surface area contributed by atoms with Gasteiger partial charge in [0.05, 0.1) is 15.2 Å². The highest BCUT2D eigenvalue weighted by Gasteiger charge is 2.25. The maximum Gasteiger partial charge on any atom is 0.184 e. The van der Waals surface area contributed by atoms with Crippen LogP contribution >= 0.6 is 22.9 Å². The highest BCUT2D eigenvalue weighted by Crippen LogP contribution is 2.35. The van der Waals surface area contributed by atoms with E-state index in [-0.39, 0.29) is 0 Å². The first-order valence-corrected chi connectivity index (χ1v) is 8.14. The van der Waals surface area contributed by atoms with Crippen LogP contribution in [0.5, 0.6) is 0 Å². The summed E-state index contributed by atoms with van der Waals surface area (Å²) in [4.78, 5) is 4.64. The van der Waals surface area contributed by atoms with Crippen molar-refractivity contribution in [3.63, 3.8) is 0 Å². The maximum absolute atomic E-state index is 6.20. The van der Waals surface area contributed by atoms with Gasteiger partial charge in [-0.05, 0) is 43.2 Å². The van der Waals surface area contributed by atoms with E-state index in [1.165, 1.54) is 19.3 Å². The zero-order chi connectivity index (χ0) is 13.4. The highest BCUT2D eigenvalue weighted by atomic mass is 35.5. The average Bonchev–Trinajstić information content (AvgIpc) is 2.77. The number of anilines is 1. The molecule has 1 aliphatic carbocycles. The molecule has 2 aromatic rings. The Labute approximate surface area is 123 Å². The number of nitrogens with zero attached hydrogens (tertiary/aromatic N) is 1. The predicted octanol–water partition coefficient (Wildman–Crippen LogP) is 5.19. The van der Waals surface area contributed by atoms with Crippen LogP contribution in [0.4, 0.5) is 5.13 Å². The summed E-state index contributed by atoms with van der Waals surface area (Å²) in [5.74, 6) is 1.57. The van der Waals surface area contributed by atoms with E-state index in [1.54, 1.807) is 11.3 Å². The van der Waals surface area contributed by atoms with Gasteiger partial charge in [-0.3, -0.25) is 0 Å². The summed E-state index contributed by atoms with van der Waals surface area (Å²) < 4.78 is 1.09. The molecule has 3 atom stereocenters. The minimum absolute atomic E-state index is 0.551. The molecular formula is C15H19ClN2S. The van der Waals surface area contributed by atoms with Gasteiger partial charge >= 0.3 is 0 Å². The second-order valence-corrected chi connectivity index (χ2v) is 7.16. The molecule has 1 aromatic heterocycles. The minimum atomic E-state index is 0.551. The van der Waals surface area contributed by atoms with Crippen LogP contribution in [0.1, 0.15) is 33.1 Å². The fourth-order valence-electron chi connectivity index (χ4n) is 3.02. The van der Waals surface area contributed by atoms with Crippen LogP contribution in [-0.2, 0) is 0 Å². The monoisotopic (exact) mass is 294 g/mol. The number of hydrogen-bond acceptors (Lipinski definition) is 3. The lowest BCUT2D eigenvalue weighted by Crippen LogP contribution is -2.32. The molecular weight excluding hydrogens is 276 g/mol. The zero-order valence-corrected chi connectivity index (χ0v) is 12.9. The van der Waals surface area contributed by atoms with Gasteiger partial charge in [0.1, 0.15) is 0 Å². The van der Waals surface area contributed by atoms with E-state index < -0.39 is 0 Å². The van der Waals surface area contributed by atoms with Crippen LogP contribution in [0.2, 0.25) is 5.02 Å². The standard InChI is InChI=1S/C15H19ClN2S/c1-9-6-7-12(10(2)8-9)17-15-18-13-5-3-4-11(16)14(13)19-15/h3-5,9-10,12H,6-8H2,1-2H3,(H,17,18). The number of nitrogens with one attached hydrogen (secondary N) is 1. The van der Waals surface area contributed by atoms with Crippen molar-refractivity contribution in [2.75, 3.05) is 5.32 Å². The van der Waals surface area contributed by atoms with Crippen LogP contribution in [0.15, 0.2) is 18.2 Å². The number of thiazole rings is 1. The Hall–Kier alpha value is -0.800. The molecule has 0 aliphatic heterocycles. The average molecular weight is 295 g/mol. The number of benzene rings is 1. The van der Waals surface area contributed by atoms with Crippen molar-refractivity contribution in [1.29, 1.82) is 0 Å². The van der Waals surface area contributed by atoms with E-state index in [0.717, 1.165) is 26.3 Å². The summed E-state index contributed by atoms with van der Waals surface area (Å²) in [5, 5.41) is 5.42. The van der Waals surface area contributed by atoms with E-state index in [1.807, 2.05) is 18.2 Å². The van der Waals surface area contributed by atoms with Gasteiger partial charge < -0.3 is 5.32 Å². The third-order valence-corrected chi connectivity index (χ3v) is 5.57. The van der Waals surface area contributed by atoms with Gasteiger partial charge in [0, 0.05) is 6.04 Å². The lowest BCUT2D eigenvalue weighted by atomic mass is 9.80. The van der Waals surface area contributed by atoms with E-state index in [4.69, 9.17) is 11.6 Å². The second-order valence-electron chi connectivity index (χ2n) is 5.75. The number of rotatable bonds is 2. The number of aromatic nitrogens is 1. The number of hydrogen-bond donors (Lipinski definition) is 1. The Balaban J connectivity index is 1.80. The molecule has 102 valence electrons. The van der Waals surface area contributed by atoms with Crippen LogP contribution in [0.25, 0.3) is 10.2 Å². The van der Waals surface area contributed by atoms with E-state index in [9.17, 15) is 0 Å². The van der Waals surface area contributed by atoms with Crippen molar-refractivity contribution >= 4 is 38.3 Å². The third kappa shape index (κ3) is 2.72. The zero-order valence-electron chi connectivity index (χ0n) is 11.3. The van der Waals surface area contributed by atoms with Crippen molar-refractivity contribution < 1.29 is 0 Å². The van der Waals surface area contributed by atoms with Crippen molar-refractivity contribution in [1.82, 2.24) is 4.98 Å². The first-order valence-electron chi connectivity index (χ1n) is 6.95. The summed E-state index contributed by atoms with van der Waals surface area (Å²) in [7, 11) is 0. The molecule has 3 unspecified atom stereocenters. The Morgan fingerprint density at radius 1 is 1.32 bits per heavy atom. The maximum atomic E-state index is 6.20. The van der Waals surface area contributed by atoms with Crippen molar-refractivity contribution in [2.24, 2.45) is 11.8 Å². The second kappa shape index (κ2) is 5.29. The van der Waals surface area contributed by atoms with E-state index in [2.05, 4.69) is 24.1 Å². The number of halogens is 1. The molecule has 19 heavy (non-hydrogen) atoms. The molecule has 1 N–H and O–H groups in total. The van der Waals surface area contributed by atoms with Gasteiger partial charge in [0.15, 0.2) is 5.13 Å². The molecule has 1 fully saturated rings. The van der Waals surface area contributed by atoms with Crippen LogP contribution in [0.3, 0.4) is 0 Å². The summed E-state index contributed by atoms with van der Waals surface area (Å²) >= 11 is 7.87. The molecule has 0 radical (unpaired) electrons. The fourth-order valence-corrected chi connectivity index (χ4v) is 4.23. The third-order valence-electron chi connectivity index (χ3n) is 4.11. The summed E-state index contributed by atoms with van der Waals surface area (Å²) in [6.07, 6.45) is 3.86. The van der Waals surface area contributed by atoms with Crippen molar-refractivity contribution in [3.05, 3.63) is 23.2 Å². The van der Waals surface area contributed by atoms with Gasteiger partial charge in [0.25, 0.3) is 0 Å². The molecule has 2 nitrogen and oxygen atoms in total. The van der Waals surface area contributed by atoms with Crippen LogP contribution < -0.4 is 5.32 Å². The van der Waals surface area contributed by atoms with E-state index in [0.29, 0.717) is 12.0 Å². The lowest BCUT2D eigenvalue weighted by molar-refractivity contribution is 0.276. The molecule has 1 saturated carbocycles.